The third kappa shape index (κ3) is 2.27. The Kier molecular flexibility index (Phi) is 3.91. The van der Waals surface area contributed by atoms with E-state index in [4.69, 9.17) is 15.2 Å². The van der Waals surface area contributed by atoms with Crippen LogP contribution in [0.2, 0.25) is 0 Å². The Morgan fingerprint density at radius 1 is 1.47 bits per heavy atom. The van der Waals surface area contributed by atoms with Crippen LogP contribution in [-0.4, -0.2) is 24.9 Å². The predicted molar refractivity (Wildman–Crippen MR) is 68.5 cm³/mol. The summed E-state index contributed by atoms with van der Waals surface area (Å²) in [4.78, 5) is 0. The van der Waals surface area contributed by atoms with Crippen LogP contribution in [0.15, 0.2) is 10.5 Å². The molecule has 4 nitrogen and oxygen atoms in total. The summed E-state index contributed by atoms with van der Waals surface area (Å²) in [6.45, 7) is 3.06. The standard InChI is InChI=1S/C12H16BrNO3/c1-2-7-8(9(14)6-15)5-10-12(11(7)13)17-4-3-16-10/h5,9,15H,2-4,6,14H2,1H3. The van der Waals surface area contributed by atoms with Gasteiger partial charge in [-0.3, -0.25) is 0 Å². The monoisotopic (exact) mass is 301 g/mol. The first-order valence-corrected chi connectivity index (χ1v) is 6.45. The van der Waals surface area contributed by atoms with E-state index < -0.39 is 6.04 Å². The molecule has 1 aliphatic rings. The van der Waals surface area contributed by atoms with Gasteiger partial charge in [-0.1, -0.05) is 6.92 Å². The van der Waals surface area contributed by atoms with Crippen LogP contribution >= 0.6 is 15.9 Å². The molecule has 0 aromatic heterocycles. The normalized spacial score (nSPS) is 15.8. The second-order valence-corrected chi connectivity index (χ2v) is 4.72. The Bertz CT molecular complexity index is 423. The zero-order valence-corrected chi connectivity index (χ0v) is 11.3. The number of fused-ring (bicyclic) bond motifs is 1. The first-order chi connectivity index (χ1) is 8.19. The van der Waals surface area contributed by atoms with Crippen molar-refractivity contribution in [3.63, 3.8) is 0 Å². The Morgan fingerprint density at radius 2 is 2.18 bits per heavy atom. The van der Waals surface area contributed by atoms with E-state index in [2.05, 4.69) is 15.9 Å². The first kappa shape index (κ1) is 12.7. The minimum atomic E-state index is -0.392. The third-order valence-corrected chi connectivity index (χ3v) is 3.70. The molecule has 1 aromatic rings. The summed E-state index contributed by atoms with van der Waals surface area (Å²) in [6, 6.07) is 1.48. The van der Waals surface area contributed by atoms with Gasteiger partial charge in [0.25, 0.3) is 0 Å². The smallest absolute Gasteiger partial charge is 0.175 e. The Hall–Kier alpha value is -0.780. The number of benzene rings is 1. The highest BCUT2D eigenvalue weighted by Gasteiger charge is 2.22. The lowest BCUT2D eigenvalue weighted by molar-refractivity contribution is 0.169. The van der Waals surface area contributed by atoms with Crippen molar-refractivity contribution in [2.24, 2.45) is 5.73 Å². The molecule has 1 aliphatic heterocycles. The highest BCUT2D eigenvalue weighted by Crippen LogP contribution is 2.43. The fourth-order valence-corrected chi connectivity index (χ4v) is 2.81. The topological polar surface area (TPSA) is 64.7 Å². The van der Waals surface area contributed by atoms with Crippen molar-refractivity contribution in [1.82, 2.24) is 0 Å². The molecule has 0 bridgehead atoms. The Balaban J connectivity index is 2.55. The van der Waals surface area contributed by atoms with Crippen molar-refractivity contribution in [3.05, 3.63) is 21.7 Å². The molecule has 1 atom stereocenters. The molecule has 0 radical (unpaired) electrons. The minimum absolute atomic E-state index is 0.0842. The molecule has 1 heterocycles. The lowest BCUT2D eigenvalue weighted by atomic mass is 9.98. The van der Waals surface area contributed by atoms with Gasteiger partial charge in [-0.15, -0.1) is 0 Å². The molecule has 17 heavy (non-hydrogen) atoms. The third-order valence-electron chi connectivity index (χ3n) is 2.86. The number of hydrogen-bond donors (Lipinski definition) is 2. The zero-order valence-electron chi connectivity index (χ0n) is 9.70. The van der Waals surface area contributed by atoms with Crippen LogP contribution < -0.4 is 15.2 Å². The van der Waals surface area contributed by atoms with Gasteiger partial charge in [-0.25, -0.2) is 0 Å². The fraction of sp³-hybridized carbons (Fsp3) is 0.500. The summed E-state index contributed by atoms with van der Waals surface area (Å²) in [7, 11) is 0. The summed E-state index contributed by atoms with van der Waals surface area (Å²) in [6.07, 6.45) is 0.820. The van der Waals surface area contributed by atoms with E-state index in [1.165, 1.54) is 0 Å². The molecule has 0 aliphatic carbocycles. The van der Waals surface area contributed by atoms with Crippen LogP contribution in [0.1, 0.15) is 24.1 Å². The Morgan fingerprint density at radius 3 is 2.82 bits per heavy atom. The number of aliphatic hydroxyl groups excluding tert-OH is 1. The number of nitrogens with two attached hydrogens (primary N) is 1. The summed E-state index contributed by atoms with van der Waals surface area (Å²) in [5.41, 5.74) is 7.88. The number of ether oxygens (including phenoxy) is 2. The largest absolute Gasteiger partial charge is 0.486 e. The Labute approximate surface area is 109 Å². The van der Waals surface area contributed by atoms with Gasteiger partial charge in [0.1, 0.15) is 13.2 Å². The van der Waals surface area contributed by atoms with Crippen LogP contribution in [0.5, 0.6) is 11.5 Å². The van der Waals surface area contributed by atoms with Gasteiger partial charge in [0.05, 0.1) is 17.1 Å². The van der Waals surface area contributed by atoms with E-state index in [-0.39, 0.29) is 6.61 Å². The molecular formula is C12H16BrNO3. The van der Waals surface area contributed by atoms with Gasteiger partial charge in [0.15, 0.2) is 11.5 Å². The molecule has 2 rings (SSSR count). The second kappa shape index (κ2) is 5.25. The minimum Gasteiger partial charge on any atom is -0.486 e. The SMILES string of the molecule is CCc1c(C(N)CO)cc2c(c1Br)OCCO2. The number of aliphatic hydroxyl groups is 1. The van der Waals surface area contributed by atoms with E-state index in [0.29, 0.717) is 19.0 Å². The van der Waals surface area contributed by atoms with E-state index in [0.717, 1.165) is 27.8 Å². The molecule has 5 heteroatoms. The van der Waals surface area contributed by atoms with Crippen molar-refractivity contribution in [2.45, 2.75) is 19.4 Å². The maximum Gasteiger partial charge on any atom is 0.175 e. The molecule has 3 N–H and O–H groups in total. The molecule has 0 amide bonds. The lowest BCUT2D eigenvalue weighted by Gasteiger charge is -2.24. The molecule has 94 valence electrons. The number of rotatable bonds is 3. The fourth-order valence-electron chi connectivity index (χ4n) is 1.99. The van der Waals surface area contributed by atoms with Crippen molar-refractivity contribution >= 4 is 15.9 Å². The van der Waals surface area contributed by atoms with Crippen LogP contribution in [0, 0.1) is 0 Å². The van der Waals surface area contributed by atoms with Gasteiger partial charge >= 0.3 is 0 Å². The quantitative estimate of drug-likeness (QED) is 0.893. The molecule has 0 spiro atoms. The van der Waals surface area contributed by atoms with Crippen LogP contribution in [0.4, 0.5) is 0 Å². The van der Waals surface area contributed by atoms with Crippen molar-refractivity contribution in [1.29, 1.82) is 0 Å². The van der Waals surface area contributed by atoms with Crippen molar-refractivity contribution in [3.8, 4) is 11.5 Å². The van der Waals surface area contributed by atoms with Crippen LogP contribution in [0.3, 0.4) is 0 Å². The maximum absolute atomic E-state index is 9.19. The van der Waals surface area contributed by atoms with Crippen molar-refractivity contribution in [2.75, 3.05) is 19.8 Å². The van der Waals surface area contributed by atoms with Crippen LogP contribution in [-0.2, 0) is 6.42 Å². The van der Waals surface area contributed by atoms with Gasteiger partial charge in [-0.2, -0.15) is 0 Å². The van der Waals surface area contributed by atoms with Gasteiger partial charge in [0.2, 0.25) is 0 Å². The van der Waals surface area contributed by atoms with Crippen molar-refractivity contribution < 1.29 is 14.6 Å². The molecule has 0 saturated carbocycles. The van der Waals surface area contributed by atoms with Gasteiger partial charge in [0, 0.05) is 0 Å². The van der Waals surface area contributed by atoms with E-state index in [9.17, 15) is 5.11 Å². The van der Waals surface area contributed by atoms with Gasteiger partial charge in [-0.05, 0) is 39.5 Å². The molecular weight excluding hydrogens is 286 g/mol. The summed E-state index contributed by atoms with van der Waals surface area (Å²) < 4.78 is 12.0. The van der Waals surface area contributed by atoms with E-state index in [1.807, 2.05) is 13.0 Å². The van der Waals surface area contributed by atoms with Crippen LogP contribution in [0.25, 0.3) is 0 Å². The summed E-state index contributed by atoms with van der Waals surface area (Å²) in [5.74, 6) is 1.43. The highest BCUT2D eigenvalue weighted by atomic mass is 79.9. The maximum atomic E-state index is 9.19. The highest BCUT2D eigenvalue weighted by molar-refractivity contribution is 9.10. The molecule has 0 saturated heterocycles. The average molecular weight is 302 g/mol. The second-order valence-electron chi connectivity index (χ2n) is 3.93. The van der Waals surface area contributed by atoms with E-state index in [1.54, 1.807) is 0 Å². The van der Waals surface area contributed by atoms with Gasteiger partial charge < -0.3 is 20.3 Å². The average Bonchev–Trinajstić information content (AvgIpc) is 2.37. The number of hydrogen-bond acceptors (Lipinski definition) is 4. The molecule has 0 fully saturated rings. The molecule has 1 aromatic carbocycles. The lowest BCUT2D eigenvalue weighted by Crippen LogP contribution is -2.20. The predicted octanol–water partition coefficient (Wildman–Crippen LogP) is 1.77. The first-order valence-electron chi connectivity index (χ1n) is 5.66. The van der Waals surface area contributed by atoms with E-state index >= 15 is 0 Å². The zero-order chi connectivity index (χ0) is 12.4. The molecule has 1 unspecified atom stereocenters. The number of halogens is 1. The summed E-state index contributed by atoms with van der Waals surface area (Å²) >= 11 is 3.53. The summed E-state index contributed by atoms with van der Waals surface area (Å²) in [5, 5.41) is 9.19.